The summed E-state index contributed by atoms with van der Waals surface area (Å²) in [6.45, 7) is 0. The van der Waals surface area contributed by atoms with E-state index >= 15 is 0 Å². The fourth-order valence-electron chi connectivity index (χ4n) is 2.34. The van der Waals surface area contributed by atoms with Crippen molar-refractivity contribution in [2.24, 2.45) is 0 Å². The lowest BCUT2D eigenvalue weighted by Gasteiger charge is -2.05. The number of pyridine rings is 2. The second-order valence-electron chi connectivity index (χ2n) is 5.00. The second-order valence-corrected chi connectivity index (χ2v) is 5.00. The Labute approximate surface area is 127 Å². The van der Waals surface area contributed by atoms with Crippen molar-refractivity contribution < 1.29 is 9.53 Å². The predicted molar refractivity (Wildman–Crippen MR) is 84.5 cm³/mol. The van der Waals surface area contributed by atoms with E-state index in [1.165, 1.54) is 7.11 Å². The van der Waals surface area contributed by atoms with Crippen molar-refractivity contribution in [1.29, 1.82) is 0 Å². The summed E-state index contributed by atoms with van der Waals surface area (Å²) >= 11 is 0. The highest BCUT2D eigenvalue weighted by Gasteiger charge is 2.07. The zero-order chi connectivity index (χ0) is 15.5. The summed E-state index contributed by atoms with van der Waals surface area (Å²) in [6.07, 6.45) is 3.88. The van der Waals surface area contributed by atoms with Crippen LogP contribution in [0, 0.1) is 0 Å². The van der Waals surface area contributed by atoms with Gasteiger partial charge in [0, 0.05) is 23.7 Å². The average Bonchev–Trinajstić information content (AvgIpc) is 2.54. The minimum atomic E-state index is -0.362. The van der Waals surface area contributed by atoms with Crippen LogP contribution in [0.25, 0.3) is 10.9 Å². The summed E-state index contributed by atoms with van der Waals surface area (Å²) < 4.78 is 4.72. The minimum absolute atomic E-state index is 0.362. The molecule has 2 N–H and O–H groups in total. The lowest BCUT2D eigenvalue weighted by molar-refractivity contribution is 0.0600. The number of rotatable bonds is 3. The van der Waals surface area contributed by atoms with Crippen molar-refractivity contribution in [3.8, 4) is 0 Å². The molecular weight excluding hydrogens is 278 g/mol. The van der Waals surface area contributed by atoms with E-state index in [9.17, 15) is 4.79 Å². The second kappa shape index (κ2) is 5.81. The Balaban J connectivity index is 1.91. The standard InChI is InChI=1S/C17H15N3O2/c1-22-17(21)12-4-5-19-15(9-12)7-11-2-3-16-13(6-11)8-14(18)10-20-16/h2-6,8-10H,7,18H2,1H3. The Bertz CT molecular complexity index is 846. The average molecular weight is 293 g/mol. The van der Waals surface area contributed by atoms with Crippen molar-refractivity contribution in [2.75, 3.05) is 12.8 Å². The van der Waals surface area contributed by atoms with Crippen molar-refractivity contribution in [2.45, 2.75) is 6.42 Å². The largest absolute Gasteiger partial charge is 0.465 e. The minimum Gasteiger partial charge on any atom is -0.465 e. The van der Waals surface area contributed by atoms with E-state index in [2.05, 4.69) is 9.97 Å². The highest BCUT2D eigenvalue weighted by atomic mass is 16.5. The van der Waals surface area contributed by atoms with E-state index < -0.39 is 0 Å². The Kier molecular flexibility index (Phi) is 3.70. The molecule has 2 heterocycles. The SMILES string of the molecule is COC(=O)c1ccnc(Cc2ccc3ncc(N)cc3c2)c1. The molecule has 0 radical (unpaired) electrons. The van der Waals surface area contributed by atoms with Crippen LogP contribution in [0.1, 0.15) is 21.6 Å². The molecule has 22 heavy (non-hydrogen) atoms. The van der Waals surface area contributed by atoms with E-state index in [1.807, 2.05) is 24.3 Å². The first-order valence-electron chi connectivity index (χ1n) is 6.83. The third-order valence-electron chi connectivity index (χ3n) is 3.39. The molecule has 0 atom stereocenters. The summed E-state index contributed by atoms with van der Waals surface area (Å²) in [6, 6.07) is 11.3. The van der Waals surface area contributed by atoms with Gasteiger partial charge in [0.05, 0.1) is 30.1 Å². The Hall–Kier alpha value is -2.95. The third-order valence-corrected chi connectivity index (χ3v) is 3.39. The molecular formula is C17H15N3O2. The number of nitrogen functional groups attached to an aromatic ring is 1. The molecule has 1 aromatic carbocycles. The van der Waals surface area contributed by atoms with Crippen molar-refractivity contribution in [1.82, 2.24) is 9.97 Å². The van der Waals surface area contributed by atoms with Crippen LogP contribution in [0.4, 0.5) is 5.69 Å². The lowest BCUT2D eigenvalue weighted by Crippen LogP contribution is -2.03. The summed E-state index contributed by atoms with van der Waals surface area (Å²) in [4.78, 5) is 20.1. The van der Waals surface area contributed by atoms with Gasteiger partial charge in [-0.3, -0.25) is 9.97 Å². The van der Waals surface area contributed by atoms with Gasteiger partial charge in [0.2, 0.25) is 0 Å². The van der Waals surface area contributed by atoms with Gasteiger partial charge in [0.15, 0.2) is 0 Å². The Morgan fingerprint density at radius 3 is 2.86 bits per heavy atom. The van der Waals surface area contributed by atoms with Crippen LogP contribution in [0.3, 0.4) is 0 Å². The fourth-order valence-corrected chi connectivity index (χ4v) is 2.34. The van der Waals surface area contributed by atoms with Gasteiger partial charge in [-0.05, 0) is 35.9 Å². The number of nitrogens with two attached hydrogens (primary N) is 1. The van der Waals surface area contributed by atoms with Crippen molar-refractivity contribution in [3.63, 3.8) is 0 Å². The monoisotopic (exact) mass is 293 g/mol. The molecule has 5 nitrogen and oxygen atoms in total. The maximum Gasteiger partial charge on any atom is 0.337 e. The number of fused-ring (bicyclic) bond motifs is 1. The number of carbonyl (C=O) groups is 1. The number of hydrogen-bond donors (Lipinski definition) is 1. The van der Waals surface area contributed by atoms with E-state index in [1.54, 1.807) is 24.5 Å². The number of ether oxygens (including phenoxy) is 1. The number of hydrogen-bond acceptors (Lipinski definition) is 5. The lowest BCUT2D eigenvalue weighted by atomic mass is 10.0. The van der Waals surface area contributed by atoms with Crippen LogP contribution >= 0.6 is 0 Å². The van der Waals surface area contributed by atoms with Gasteiger partial charge >= 0.3 is 5.97 Å². The summed E-state index contributed by atoms with van der Waals surface area (Å²) in [5.41, 5.74) is 9.68. The van der Waals surface area contributed by atoms with Crippen LogP contribution in [0.15, 0.2) is 48.8 Å². The number of anilines is 1. The normalized spacial score (nSPS) is 10.6. The molecule has 0 spiro atoms. The zero-order valence-corrected chi connectivity index (χ0v) is 12.1. The van der Waals surface area contributed by atoms with Crippen molar-refractivity contribution in [3.05, 3.63) is 65.6 Å². The predicted octanol–water partition coefficient (Wildman–Crippen LogP) is 2.59. The van der Waals surface area contributed by atoms with E-state index in [0.717, 1.165) is 22.2 Å². The maximum absolute atomic E-state index is 11.6. The van der Waals surface area contributed by atoms with E-state index in [0.29, 0.717) is 17.7 Å². The van der Waals surface area contributed by atoms with Crippen LogP contribution in [-0.2, 0) is 11.2 Å². The third kappa shape index (κ3) is 2.88. The van der Waals surface area contributed by atoms with Gasteiger partial charge in [-0.25, -0.2) is 4.79 Å². The highest BCUT2D eigenvalue weighted by molar-refractivity contribution is 5.89. The highest BCUT2D eigenvalue weighted by Crippen LogP contribution is 2.18. The first kappa shape index (κ1) is 14.0. The first-order chi connectivity index (χ1) is 10.7. The number of methoxy groups -OCH3 is 1. The van der Waals surface area contributed by atoms with Crippen LogP contribution in [-0.4, -0.2) is 23.0 Å². The number of carbonyl (C=O) groups excluding carboxylic acids is 1. The first-order valence-corrected chi connectivity index (χ1v) is 6.83. The topological polar surface area (TPSA) is 78.1 Å². The molecule has 0 bridgehead atoms. The summed E-state index contributed by atoms with van der Waals surface area (Å²) in [5.74, 6) is -0.362. The summed E-state index contributed by atoms with van der Waals surface area (Å²) in [5, 5.41) is 0.988. The van der Waals surface area contributed by atoms with Gasteiger partial charge < -0.3 is 10.5 Å². The van der Waals surface area contributed by atoms with Gasteiger partial charge in [-0.1, -0.05) is 6.07 Å². The summed E-state index contributed by atoms with van der Waals surface area (Å²) in [7, 11) is 1.36. The number of esters is 1. The molecule has 2 aromatic heterocycles. The molecule has 5 heteroatoms. The van der Waals surface area contributed by atoms with E-state index in [4.69, 9.17) is 10.5 Å². The molecule has 0 aliphatic heterocycles. The van der Waals surface area contributed by atoms with Gasteiger partial charge in [-0.2, -0.15) is 0 Å². The molecule has 0 aliphatic carbocycles. The number of aromatic nitrogens is 2. The van der Waals surface area contributed by atoms with Gasteiger partial charge in [0.1, 0.15) is 0 Å². The molecule has 0 saturated heterocycles. The van der Waals surface area contributed by atoms with Crippen LogP contribution < -0.4 is 5.73 Å². The molecule has 0 aliphatic rings. The molecule has 3 aromatic rings. The van der Waals surface area contributed by atoms with E-state index in [-0.39, 0.29) is 5.97 Å². The number of nitrogens with zero attached hydrogens (tertiary/aromatic N) is 2. The smallest absolute Gasteiger partial charge is 0.337 e. The molecule has 0 amide bonds. The van der Waals surface area contributed by atoms with Crippen LogP contribution in [0.2, 0.25) is 0 Å². The Morgan fingerprint density at radius 1 is 1.18 bits per heavy atom. The van der Waals surface area contributed by atoms with Crippen LogP contribution in [0.5, 0.6) is 0 Å². The molecule has 3 rings (SSSR count). The van der Waals surface area contributed by atoms with Gasteiger partial charge in [0.25, 0.3) is 0 Å². The molecule has 0 fully saturated rings. The molecule has 0 unspecified atom stereocenters. The maximum atomic E-state index is 11.6. The number of benzene rings is 1. The van der Waals surface area contributed by atoms with Crippen molar-refractivity contribution >= 4 is 22.6 Å². The Morgan fingerprint density at radius 2 is 2.05 bits per heavy atom. The zero-order valence-electron chi connectivity index (χ0n) is 12.1. The molecule has 110 valence electrons. The van der Waals surface area contributed by atoms with Gasteiger partial charge in [-0.15, -0.1) is 0 Å². The fraction of sp³-hybridized carbons (Fsp3) is 0.118. The molecule has 0 saturated carbocycles. The quantitative estimate of drug-likeness (QED) is 0.751.